The average Bonchev–Trinajstić information content (AvgIpc) is 2.27. The summed E-state index contributed by atoms with van der Waals surface area (Å²) in [6.07, 6.45) is 5.25. The van der Waals surface area contributed by atoms with Gasteiger partial charge in [-0.1, -0.05) is 6.92 Å². The van der Waals surface area contributed by atoms with Crippen molar-refractivity contribution in [3.05, 3.63) is 28.6 Å². The molecule has 1 atom stereocenters. The molecule has 0 saturated carbocycles. The Morgan fingerprint density at radius 1 is 1.40 bits per heavy atom. The van der Waals surface area contributed by atoms with Crippen LogP contribution >= 0.6 is 0 Å². The van der Waals surface area contributed by atoms with Crippen LogP contribution in [0.5, 0.6) is 0 Å². The Balaban J connectivity index is 2.50. The molecule has 1 N–H and O–H groups in total. The fourth-order valence-corrected chi connectivity index (χ4v) is 2.35. The van der Waals surface area contributed by atoms with Gasteiger partial charge in [0.1, 0.15) is 0 Å². The predicted molar refractivity (Wildman–Crippen MR) is 60.9 cm³/mol. The van der Waals surface area contributed by atoms with Crippen LogP contribution < -0.4 is 0 Å². The molecule has 2 heteroatoms. The van der Waals surface area contributed by atoms with Crippen molar-refractivity contribution in [1.29, 1.82) is 0 Å². The summed E-state index contributed by atoms with van der Waals surface area (Å²) in [7, 11) is 0. The van der Waals surface area contributed by atoms with Crippen molar-refractivity contribution in [2.45, 2.75) is 52.1 Å². The molecule has 1 aliphatic rings. The minimum atomic E-state index is -0.356. The molecular weight excluding hydrogens is 186 g/mol. The SMILES string of the molecule is CCc1cc(C(C)O)c2c(n1)CCCC2. The van der Waals surface area contributed by atoms with Crippen LogP contribution in [0.3, 0.4) is 0 Å². The maximum atomic E-state index is 9.77. The van der Waals surface area contributed by atoms with E-state index in [0.29, 0.717) is 0 Å². The van der Waals surface area contributed by atoms with E-state index in [9.17, 15) is 5.11 Å². The normalized spacial score (nSPS) is 17.3. The molecular formula is C13H19NO. The molecule has 0 amide bonds. The second kappa shape index (κ2) is 4.31. The first-order chi connectivity index (χ1) is 7.22. The molecule has 0 bridgehead atoms. The van der Waals surface area contributed by atoms with Crippen LogP contribution in [-0.2, 0) is 19.3 Å². The third-order valence-electron chi connectivity index (χ3n) is 3.20. The number of aromatic nitrogens is 1. The van der Waals surface area contributed by atoms with Crippen LogP contribution in [0.15, 0.2) is 6.07 Å². The molecule has 1 heterocycles. The van der Waals surface area contributed by atoms with Gasteiger partial charge < -0.3 is 5.11 Å². The lowest BCUT2D eigenvalue weighted by atomic mass is 9.89. The lowest BCUT2D eigenvalue weighted by molar-refractivity contribution is 0.197. The van der Waals surface area contributed by atoms with E-state index in [4.69, 9.17) is 0 Å². The van der Waals surface area contributed by atoms with Crippen LogP contribution in [-0.4, -0.2) is 10.1 Å². The Morgan fingerprint density at radius 2 is 2.13 bits per heavy atom. The molecule has 0 aliphatic heterocycles. The first-order valence-electron chi connectivity index (χ1n) is 5.92. The van der Waals surface area contributed by atoms with Gasteiger partial charge in [-0.2, -0.15) is 0 Å². The molecule has 1 aromatic heterocycles. The van der Waals surface area contributed by atoms with Gasteiger partial charge in [-0.3, -0.25) is 4.98 Å². The van der Waals surface area contributed by atoms with Crippen LogP contribution in [0.25, 0.3) is 0 Å². The highest BCUT2D eigenvalue weighted by atomic mass is 16.3. The summed E-state index contributed by atoms with van der Waals surface area (Å²) in [6, 6.07) is 2.08. The zero-order chi connectivity index (χ0) is 10.8. The first-order valence-corrected chi connectivity index (χ1v) is 5.92. The Hall–Kier alpha value is -0.890. The molecule has 1 aliphatic carbocycles. The van der Waals surface area contributed by atoms with E-state index >= 15 is 0 Å². The number of aliphatic hydroxyl groups excluding tert-OH is 1. The number of hydrogen-bond acceptors (Lipinski definition) is 2. The molecule has 15 heavy (non-hydrogen) atoms. The number of rotatable bonds is 2. The summed E-state index contributed by atoms with van der Waals surface area (Å²) in [5, 5.41) is 9.77. The molecule has 2 rings (SSSR count). The van der Waals surface area contributed by atoms with Crippen molar-refractivity contribution in [3.8, 4) is 0 Å². The van der Waals surface area contributed by atoms with Crippen LogP contribution in [0.1, 0.15) is 55.3 Å². The number of fused-ring (bicyclic) bond motifs is 1. The van der Waals surface area contributed by atoms with E-state index in [1.165, 1.54) is 24.1 Å². The minimum Gasteiger partial charge on any atom is -0.389 e. The van der Waals surface area contributed by atoms with Gasteiger partial charge >= 0.3 is 0 Å². The largest absolute Gasteiger partial charge is 0.389 e. The quantitative estimate of drug-likeness (QED) is 0.805. The number of hydrogen-bond donors (Lipinski definition) is 1. The fraction of sp³-hybridized carbons (Fsp3) is 0.615. The zero-order valence-electron chi connectivity index (χ0n) is 9.58. The third-order valence-corrected chi connectivity index (χ3v) is 3.20. The number of aliphatic hydroxyl groups is 1. The topological polar surface area (TPSA) is 33.1 Å². The van der Waals surface area contributed by atoms with Gasteiger partial charge in [0, 0.05) is 11.4 Å². The Labute approximate surface area is 91.4 Å². The number of pyridine rings is 1. The third kappa shape index (κ3) is 2.05. The van der Waals surface area contributed by atoms with Crippen molar-refractivity contribution in [3.63, 3.8) is 0 Å². The summed E-state index contributed by atoms with van der Waals surface area (Å²) in [5.41, 5.74) is 4.77. The fourth-order valence-electron chi connectivity index (χ4n) is 2.35. The van der Waals surface area contributed by atoms with Gasteiger partial charge in [-0.05, 0) is 56.2 Å². The first kappa shape index (κ1) is 10.6. The molecule has 0 saturated heterocycles. The van der Waals surface area contributed by atoms with E-state index in [2.05, 4.69) is 18.0 Å². The van der Waals surface area contributed by atoms with Crippen molar-refractivity contribution >= 4 is 0 Å². The molecule has 0 radical (unpaired) electrons. The average molecular weight is 205 g/mol. The van der Waals surface area contributed by atoms with Gasteiger partial charge in [-0.25, -0.2) is 0 Å². The van der Waals surface area contributed by atoms with Crippen LogP contribution in [0.2, 0.25) is 0 Å². The van der Waals surface area contributed by atoms with Crippen molar-refractivity contribution in [2.75, 3.05) is 0 Å². The van der Waals surface area contributed by atoms with Gasteiger partial charge in [0.15, 0.2) is 0 Å². The second-order valence-electron chi connectivity index (χ2n) is 4.36. The predicted octanol–water partition coefficient (Wildman–Crippen LogP) is 2.58. The summed E-state index contributed by atoms with van der Waals surface area (Å²) in [6.45, 7) is 3.97. The van der Waals surface area contributed by atoms with Gasteiger partial charge in [0.2, 0.25) is 0 Å². The second-order valence-corrected chi connectivity index (χ2v) is 4.36. The highest BCUT2D eigenvalue weighted by molar-refractivity contribution is 5.36. The van der Waals surface area contributed by atoms with Gasteiger partial charge in [-0.15, -0.1) is 0 Å². The Morgan fingerprint density at radius 3 is 2.80 bits per heavy atom. The molecule has 2 nitrogen and oxygen atoms in total. The Bertz CT molecular complexity index is 358. The summed E-state index contributed by atoms with van der Waals surface area (Å²) in [4.78, 5) is 4.66. The molecule has 0 aromatic carbocycles. The molecule has 1 aromatic rings. The highest BCUT2D eigenvalue weighted by Crippen LogP contribution is 2.27. The molecule has 82 valence electrons. The standard InChI is InChI=1S/C13H19NO/c1-3-10-8-12(9(2)15)11-6-4-5-7-13(11)14-10/h8-9,15H,3-7H2,1-2H3. The Kier molecular flexibility index (Phi) is 3.06. The summed E-state index contributed by atoms with van der Waals surface area (Å²) < 4.78 is 0. The summed E-state index contributed by atoms with van der Waals surface area (Å²) in [5.74, 6) is 0. The van der Waals surface area contributed by atoms with Crippen LogP contribution in [0.4, 0.5) is 0 Å². The van der Waals surface area contributed by atoms with E-state index in [1.54, 1.807) is 0 Å². The van der Waals surface area contributed by atoms with Gasteiger partial charge in [0.05, 0.1) is 6.10 Å². The van der Waals surface area contributed by atoms with Crippen molar-refractivity contribution < 1.29 is 5.11 Å². The van der Waals surface area contributed by atoms with E-state index in [1.807, 2.05) is 6.92 Å². The maximum absolute atomic E-state index is 9.77. The molecule has 0 fully saturated rings. The lowest BCUT2D eigenvalue weighted by Crippen LogP contribution is -2.12. The maximum Gasteiger partial charge on any atom is 0.0765 e. The van der Waals surface area contributed by atoms with Crippen molar-refractivity contribution in [1.82, 2.24) is 4.98 Å². The summed E-state index contributed by atoms with van der Waals surface area (Å²) >= 11 is 0. The van der Waals surface area contributed by atoms with E-state index in [0.717, 1.165) is 30.5 Å². The van der Waals surface area contributed by atoms with Gasteiger partial charge in [0.25, 0.3) is 0 Å². The van der Waals surface area contributed by atoms with Crippen molar-refractivity contribution in [2.24, 2.45) is 0 Å². The smallest absolute Gasteiger partial charge is 0.0765 e. The van der Waals surface area contributed by atoms with E-state index < -0.39 is 0 Å². The zero-order valence-corrected chi connectivity index (χ0v) is 9.58. The number of nitrogens with zero attached hydrogens (tertiary/aromatic N) is 1. The lowest BCUT2D eigenvalue weighted by Gasteiger charge is -2.21. The highest BCUT2D eigenvalue weighted by Gasteiger charge is 2.18. The van der Waals surface area contributed by atoms with E-state index in [-0.39, 0.29) is 6.10 Å². The molecule has 1 unspecified atom stereocenters. The van der Waals surface area contributed by atoms with Crippen LogP contribution in [0, 0.1) is 0 Å². The number of aryl methyl sites for hydroxylation is 2. The molecule has 0 spiro atoms. The monoisotopic (exact) mass is 205 g/mol. The minimum absolute atomic E-state index is 0.356.